The molecule has 0 saturated heterocycles. The van der Waals surface area contributed by atoms with E-state index >= 15 is 0 Å². The van der Waals surface area contributed by atoms with Gasteiger partial charge in [-0.2, -0.15) is 17.6 Å². The molecular formula is C54H58F4O4. The molecule has 0 amide bonds. The first kappa shape index (κ1) is 41.5. The second-order valence-electron chi connectivity index (χ2n) is 21.5. The number of halogens is 4. The molecule has 8 aliphatic rings. The molecule has 4 atom stereocenters. The first-order valence-electron chi connectivity index (χ1n) is 22.9. The Hall–Kier alpha value is -4.46. The molecule has 0 spiro atoms. The number of alkyl halides is 4. The molecule has 4 unspecified atom stereocenters. The maximum absolute atomic E-state index is 13.5. The van der Waals surface area contributed by atoms with Crippen LogP contribution < -0.4 is 0 Å². The summed E-state index contributed by atoms with van der Waals surface area (Å²) in [5, 5.41) is 7.86. The highest BCUT2D eigenvalue weighted by atomic mass is 19.3. The Morgan fingerprint density at radius 1 is 0.532 bits per heavy atom. The highest BCUT2D eigenvalue weighted by Crippen LogP contribution is 2.68. The van der Waals surface area contributed by atoms with Crippen molar-refractivity contribution in [3.05, 3.63) is 107 Å². The molecule has 0 aromatic heterocycles. The number of hydrogen-bond donors (Lipinski definition) is 0. The molecule has 0 N–H and O–H groups in total. The summed E-state index contributed by atoms with van der Waals surface area (Å²) in [6.07, 6.45) is 12.8. The predicted molar refractivity (Wildman–Crippen MR) is 236 cm³/mol. The first-order chi connectivity index (χ1) is 29.4. The van der Waals surface area contributed by atoms with E-state index in [-0.39, 0.29) is 34.9 Å². The van der Waals surface area contributed by atoms with Crippen LogP contribution in [0.25, 0.3) is 32.3 Å². The van der Waals surface area contributed by atoms with E-state index in [9.17, 15) is 27.2 Å². The molecule has 8 heteroatoms. The number of carbonyl (C=O) groups is 2. The highest BCUT2D eigenvalue weighted by Gasteiger charge is 2.61. The summed E-state index contributed by atoms with van der Waals surface area (Å²) in [5.74, 6) is -7.33. The maximum atomic E-state index is 13.5. The third-order valence-electron chi connectivity index (χ3n) is 16.5. The predicted octanol–water partition coefficient (Wildman–Crippen LogP) is 13.5. The molecule has 0 radical (unpaired) electrons. The Balaban J connectivity index is 0.000000149. The largest absolute Gasteiger partial charge is 0.461 e. The van der Waals surface area contributed by atoms with Crippen LogP contribution in [0.4, 0.5) is 17.6 Å². The molecule has 326 valence electrons. The standard InChI is InChI=1S/C29H30F2O2.C25H28F2O2/c1-18-21-7-3-5-9-23(21)25(24-10-6-4-8-22(18)24)29-14-19-11-20(15-29)13-28(12-19,16-29)17-33-26(32)27(2,30)31;1-16-7-8-21(20-6-4-3-5-19(16)20)25-12-17-9-18(13-25)11-24(10-17,14-25)15-29-22(28)23(2,26)27/h3-10,19-20H,11-17H2,1-2H3;3-8,17-18H,9-15H2,1-2H3. The quantitative estimate of drug-likeness (QED) is 0.0887. The second kappa shape index (κ2) is 14.5. The van der Waals surface area contributed by atoms with Gasteiger partial charge in [-0.05, 0) is 180 Å². The number of carbonyl (C=O) groups excluding carboxylic acids is 2. The van der Waals surface area contributed by atoms with E-state index in [1.165, 1.54) is 67.4 Å². The molecule has 8 aliphatic carbocycles. The second-order valence-corrected chi connectivity index (χ2v) is 21.5. The van der Waals surface area contributed by atoms with Gasteiger partial charge in [-0.1, -0.05) is 84.9 Å². The van der Waals surface area contributed by atoms with Gasteiger partial charge >= 0.3 is 23.8 Å². The van der Waals surface area contributed by atoms with Gasteiger partial charge in [0.05, 0.1) is 13.2 Å². The summed E-state index contributed by atoms with van der Waals surface area (Å²) >= 11 is 0. The minimum Gasteiger partial charge on any atom is -0.461 e. The minimum absolute atomic E-state index is 0.00186. The first-order valence-corrected chi connectivity index (χ1v) is 22.9. The van der Waals surface area contributed by atoms with E-state index in [2.05, 4.69) is 98.8 Å². The molecule has 62 heavy (non-hydrogen) atoms. The van der Waals surface area contributed by atoms with Crippen molar-refractivity contribution in [3.8, 4) is 0 Å². The lowest BCUT2D eigenvalue weighted by atomic mass is 9.42. The number of esters is 2. The van der Waals surface area contributed by atoms with Crippen LogP contribution in [0, 0.1) is 48.3 Å². The van der Waals surface area contributed by atoms with Gasteiger partial charge in [0.1, 0.15) is 0 Å². The van der Waals surface area contributed by atoms with Crippen LogP contribution in [0.2, 0.25) is 0 Å². The van der Waals surface area contributed by atoms with Crippen LogP contribution in [-0.2, 0) is 29.9 Å². The fraction of sp³-hybridized carbons (Fsp3) is 0.519. The lowest BCUT2D eigenvalue weighted by Crippen LogP contribution is -2.56. The number of aryl methyl sites for hydroxylation is 2. The summed E-state index contributed by atoms with van der Waals surface area (Å²) in [7, 11) is 0. The van der Waals surface area contributed by atoms with Crippen molar-refractivity contribution in [1.29, 1.82) is 0 Å². The van der Waals surface area contributed by atoms with Gasteiger partial charge in [0.25, 0.3) is 0 Å². The SMILES string of the molecule is Cc1c2ccccc2c(C23CC4CC(CC(COC(=O)C(C)(F)F)(C4)C2)C3)c2ccccc12.Cc1ccc(C23CC4CC(CC(COC(=O)C(C)(F)F)(C4)C2)C3)c2ccccc12. The van der Waals surface area contributed by atoms with E-state index in [1.807, 2.05) is 0 Å². The van der Waals surface area contributed by atoms with Gasteiger partial charge in [-0.15, -0.1) is 0 Å². The third-order valence-corrected chi connectivity index (χ3v) is 16.5. The van der Waals surface area contributed by atoms with Crippen LogP contribution in [0.5, 0.6) is 0 Å². The van der Waals surface area contributed by atoms with Crippen LogP contribution in [0.3, 0.4) is 0 Å². The molecule has 8 bridgehead atoms. The smallest absolute Gasteiger partial charge is 0.376 e. The molecule has 4 nitrogen and oxygen atoms in total. The van der Waals surface area contributed by atoms with Crippen molar-refractivity contribution >= 4 is 44.3 Å². The molecular weight excluding hydrogens is 789 g/mol. The molecule has 5 aromatic carbocycles. The highest BCUT2D eigenvalue weighted by molar-refractivity contribution is 6.06. The lowest BCUT2D eigenvalue weighted by Gasteiger charge is -2.62. The number of rotatable bonds is 8. The van der Waals surface area contributed by atoms with Gasteiger partial charge < -0.3 is 9.47 Å². The summed E-state index contributed by atoms with van der Waals surface area (Å²) in [6, 6.07) is 30.6. The Labute approximate surface area is 362 Å². The number of ether oxygens (including phenoxy) is 2. The minimum atomic E-state index is -3.44. The molecule has 8 fully saturated rings. The molecule has 0 heterocycles. The van der Waals surface area contributed by atoms with Gasteiger partial charge in [0, 0.05) is 24.7 Å². The Bertz CT molecular complexity index is 2520. The van der Waals surface area contributed by atoms with Gasteiger partial charge in [-0.25, -0.2) is 9.59 Å². The van der Waals surface area contributed by atoms with E-state index in [1.54, 1.807) is 0 Å². The fourth-order valence-corrected chi connectivity index (χ4v) is 15.4. The zero-order chi connectivity index (χ0) is 43.5. The average molecular weight is 847 g/mol. The van der Waals surface area contributed by atoms with Crippen LogP contribution in [0.1, 0.15) is 113 Å². The molecule has 8 saturated carbocycles. The van der Waals surface area contributed by atoms with Crippen molar-refractivity contribution in [2.75, 3.05) is 13.2 Å². The average Bonchev–Trinajstić information content (AvgIpc) is 3.21. The van der Waals surface area contributed by atoms with E-state index in [4.69, 9.17) is 9.47 Å². The lowest BCUT2D eigenvalue weighted by molar-refractivity contribution is -0.180. The number of fused-ring (bicyclic) bond motifs is 3. The maximum Gasteiger partial charge on any atom is 0.376 e. The summed E-state index contributed by atoms with van der Waals surface area (Å²) in [4.78, 5) is 23.7. The van der Waals surface area contributed by atoms with Crippen molar-refractivity contribution in [2.45, 2.75) is 127 Å². The van der Waals surface area contributed by atoms with Crippen molar-refractivity contribution in [1.82, 2.24) is 0 Å². The zero-order valence-corrected chi connectivity index (χ0v) is 36.4. The summed E-state index contributed by atoms with van der Waals surface area (Å²) in [6.45, 7) is 5.85. The topological polar surface area (TPSA) is 52.6 Å². The van der Waals surface area contributed by atoms with Gasteiger partial charge in [0.15, 0.2) is 0 Å². The van der Waals surface area contributed by atoms with Crippen molar-refractivity contribution in [2.24, 2.45) is 34.5 Å². The van der Waals surface area contributed by atoms with Crippen LogP contribution >= 0.6 is 0 Å². The normalized spacial score (nSPS) is 31.9. The van der Waals surface area contributed by atoms with Crippen molar-refractivity contribution in [3.63, 3.8) is 0 Å². The van der Waals surface area contributed by atoms with Gasteiger partial charge in [0.2, 0.25) is 0 Å². The summed E-state index contributed by atoms with van der Waals surface area (Å²) in [5.41, 5.74) is 5.15. The van der Waals surface area contributed by atoms with Gasteiger partial charge in [-0.3, -0.25) is 0 Å². The number of hydrogen-bond acceptors (Lipinski definition) is 4. The monoisotopic (exact) mass is 846 g/mol. The Morgan fingerprint density at radius 2 is 0.919 bits per heavy atom. The van der Waals surface area contributed by atoms with E-state index in [0.717, 1.165) is 64.2 Å². The van der Waals surface area contributed by atoms with Crippen LogP contribution in [0.15, 0.2) is 84.9 Å². The van der Waals surface area contributed by atoms with E-state index < -0.39 is 23.8 Å². The molecule has 13 rings (SSSR count). The van der Waals surface area contributed by atoms with E-state index in [0.29, 0.717) is 37.5 Å². The Morgan fingerprint density at radius 3 is 1.37 bits per heavy atom. The van der Waals surface area contributed by atoms with Crippen molar-refractivity contribution < 1.29 is 36.6 Å². The Kier molecular flexibility index (Phi) is 9.74. The fourth-order valence-electron chi connectivity index (χ4n) is 15.4. The third kappa shape index (κ3) is 7.01. The van der Waals surface area contributed by atoms with Crippen LogP contribution in [-0.4, -0.2) is 37.0 Å². The zero-order valence-electron chi connectivity index (χ0n) is 36.4. The number of benzene rings is 5. The summed E-state index contributed by atoms with van der Waals surface area (Å²) < 4.78 is 64.2. The molecule has 0 aliphatic heterocycles. The molecule has 5 aromatic rings.